The van der Waals surface area contributed by atoms with Crippen molar-refractivity contribution in [3.8, 4) is 11.4 Å². The lowest BCUT2D eigenvalue weighted by Gasteiger charge is -2.08. The van der Waals surface area contributed by atoms with Crippen molar-refractivity contribution in [2.45, 2.75) is 12.6 Å². The first-order valence-electron chi connectivity index (χ1n) is 6.57. The van der Waals surface area contributed by atoms with Gasteiger partial charge >= 0.3 is 6.18 Å². The van der Waals surface area contributed by atoms with E-state index in [1.807, 2.05) is 0 Å². The van der Waals surface area contributed by atoms with Gasteiger partial charge in [-0.25, -0.2) is 4.98 Å². The summed E-state index contributed by atoms with van der Waals surface area (Å²) >= 11 is 0. The number of alkyl halides is 3. The van der Waals surface area contributed by atoms with E-state index < -0.39 is 12.6 Å². The van der Waals surface area contributed by atoms with Crippen molar-refractivity contribution in [1.29, 1.82) is 0 Å². The Labute approximate surface area is 123 Å². The smallest absolute Gasteiger partial charge is 0.306 e. The first-order chi connectivity index (χ1) is 10.4. The fourth-order valence-corrected chi connectivity index (χ4v) is 2.28. The van der Waals surface area contributed by atoms with Crippen LogP contribution in [0.3, 0.4) is 0 Å². The Morgan fingerprint density at radius 2 is 1.82 bits per heavy atom. The molecule has 22 heavy (non-hydrogen) atoms. The van der Waals surface area contributed by atoms with Crippen molar-refractivity contribution < 1.29 is 13.2 Å². The molecule has 0 unspecified atom stereocenters. The van der Waals surface area contributed by atoms with Crippen molar-refractivity contribution in [3.05, 3.63) is 64.4 Å². The molecule has 0 saturated carbocycles. The highest BCUT2D eigenvalue weighted by Crippen LogP contribution is 2.24. The van der Waals surface area contributed by atoms with Gasteiger partial charge in [0.15, 0.2) is 0 Å². The molecule has 1 aromatic heterocycles. The Morgan fingerprint density at radius 1 is 1.05 bits per heavy atom. The van der Waals surface area contributed by atoms with Crippen LogP contribution in [0.15, 0.2) is 53.3 Å². The zero-order valence-corrected chi connectivity index (χ0v) is 11.3. The maximum atomic E-state index is 12.5. The second-order valence-corrected chi connectivity index (χ2v) is 4.92. The third kappa shape index (κ3) is 3.00. The number of nitrogens with zero attached hydrogens (tertiary/aromatic N) is 1. The molecule has 0 spiro atoms. The van der Waals surface area contributed by atoms with Crippen molar-refractivity contribution >= 4 is 10.9 Å². The van der Waals surface area contributed by atoms with Gasteiger partial charge in [0.05, 0.1) is 17.3 Å². The van der Waals surface area contributed by atoms with Crippen molar-refractivity contribution in [1.82, 2.24) is 9.97 Å². The van der Waals surface area contributed by atoms with Crippen molar-refractivity contribution in [3.63, 3.8) is 0 Å². The third-order valence-electron chi connectivity index (χ3n) is 3.22. The Morgan fingerprint density at radius 3 is 2.59 bits per heavy atom. The van der Waals surface area contributed by atoms with Crippen LogP contribution in [0.5, 0.6) is 0 Å². The molecule has 3 rings (SSSR count). The van der Waals surface area contributed by atoms with Crippen LogP contribution in [0.2, 0.25) is 0 Å². The van der Waals surface area contributed by atoms with Gasteiger partial charge in [-0.15, -0.1) is 0 Å². The quantitative estimate of drug-likeness (QED) is 0.784. The molecule has 112 valence electrons. The normalized spacial score (nSPS) is 11.8. The molecule has 0 atom stereocenters. The molecule has 0 amide bonds. The van der Waals surface area contributed by atoms with Gasteiger partial charge in [-0.3, -0.25) is 4.79 Å². The van der Waals surface area contributed by atoms with E-state index in [2.05, 4.69) is 9.97 Å². The zero-order valence-electron chi connectivity index (χ0n) is 11.3. The van der Waals surface area contributed by atoms with Crippen LogP contribution in [-0.4, -0.2) is 16.1 Å². The number of hydrogen-bond acceptors (Lipinski definition) is 2. The summed E-state index contributed by atoms with van der Waals surface area (Å²) in [6, 6.07) is 12.7. The summed E-state index contributed by atoms with van der Waals surface area (Å²) in [5.41, 5.74) is 0.759. The van der Waals surface area contributed by atoms with Gasteiger partial charge in [-0.05, 0) is 23.8 Å². The molecule has 3 aromatic rings. The first kappa shape index (κ1) is 14.3. The zero-order chi connectivity index (χ0) is 15.7. The molecule has 0 aliphatic rings. The molecule has 2 aromatic carbocycles. The molecule has 0 fully saturated rings. The Balaban J connectivity index is 2.08. The second kappa shape index (κ2) is 5.29. The molecule has 3 nitrogen and oxygen atoms in total. The van der Waals surface area contributed by atoms with Crippen LogP contribution in [0.4, 0.5) is 13.2 Å². The van der Waals surface area contributed by atoms with E-state index in [1.165, 1.54) is 18.2 Å². The molecule has 6 heteroatoms. The molecule has 1 N–H and O–H groups in total. The molecule has 0 aliphatic carbocycles. The van der Waals surface area contributed by atoms with Crippen LogP contribution in [0.25, 0.3) is 22.3 Å². The van der Waals surface area contributed by atoms with E-state index >= 15 is 0 Å². The number of aromatic nitrogens is 2. The molecule has 0 radical (unpaired) electrons. The number of hydrogen-bond donors (Lipinski definition) is 1. The number of aromatic amines is 1. The highest BCUT2D eigenvalue weighted by atomic mass is 19.4. The lowest BCUT2D eigenvalue weighted by molar-refractivity contribution is -0.127. The van der Waals surface area contributed by atoms with Crippen LogP contribution in [0, 0.1) is 0 Å². The number of H-pyrrole nitrogens is 1. The van der Waals surface area contributed by atoms with Gasteiger partial charge in [0.2, 0.25) is 0 Å². The fraction of sp³-hybridized carbons (Fsp3) is 0.125. The van der Waals surface area contributed by atoms with E-state index in [0.717, 1.165) is 0 Å². The van der Waals surface area contributed by atoms with Gasteiger partial charge in [-0.1, -0.05) is 30.3 Å². The maximum absolute atomic E-state index is 12.5. The Kier molecular flexibility index (Phi) is 3.44. The topological polar surface area (TPSA) is 45.8 Å². The second-order valence-electron chi connectivity index (χ2n) is 4.92. The van der Waals surface area contributed by atoms with Gasteiger partial charge < -0.3 is 4.98 Å². The van der Waals surface area contributed by atoms with E-state index in [1.54, 1.807) is 30.3 Å². The Hall–Kier alpha value is -2.63. The lowest BCUT2D eigenvalue weighted by atomic mass is 10.1. The van der Waals surface area contributed by atoms with Crippen LogP contribution in [-0.2, 0) is 6.42 Å². The SMILES string of the molecule is O=c1[nH]c(-c2cccc(CC(F)(F)F)c2)nc2ccccc12. The van der Waals surface area contributed by atoms with Crippen molar-refractivity contribution in [2.75, 3.05) is 0 Å². The molecule has 0 aliphatic heterocycles. The van der Waals surface area contributed by atoms with Gasteiger partial charge in [0.25, 0.3) is 5.56 Å². The number of fused-ring (bicyclic) bond motifs is 1. The van der Waals surface area contributed by atoms with Crippen molar-refractivity contribution in [2.24, 2.45) is 0 Å². The highest BCUT2D eigenvalue weighted by Gasteiger charge is 2.27. The molecule has 0 bridgehead atoms. The minimum atomic E-state index is -4.27. The maximum Gasteiger partial charge on any atom is 0.393 e. The lowest BCUT2D eigenvalue weighted by Crippen LogP contribution is -2.12. The summed E-state index contributed by atoms with van der Waals surface area (Å²) < 4.78 is 37.4. The number of halogens is 3. The average molecular weight is 304 g/mol. The van der Waals surface area contributed by atoms with E-state index in [9.17, 15) is 18.0 Å². The molecule has 0 saturated heterocycles. The summed E-state index contributed by atoms with van der Waals surface area (Å²) in [6.45, 7) is 0. The summed E-state index contributed by atoms with van der Waals surface area (Å²) in [7, 11) is 0. The summed E-state index contributed by atoms with van der Waals surface area (Å²) in [5.74, 6) is 0.257. The van der Waals surface area contributed by atoms with E-state index in [-0.39, 0.29) is 16.9 Å². The summed E-state index contributed by atoms with van der Waals surface area (Å²) in [6.07, 6.45) is -5.29. The molecule has 1 heterocycles. The highest BCUT2D eigenvalue weighted by molar-refractivity contribution is 5.79. The number of rotatable bonds is 2. The third-order valence-corrected chi connectivity index (χ3v) is 3.22. The van der Waals surface area contributed by atoms with Gasteiger partial charge in [0.1, 0.15) is 5.82 Å². The minimum absolute atomic E-state index is 0.126. The fourth-order valence-electron chi connectivity index (χ4n) is 2.28. The molecular weight excluding hydrogens is 293 g/mol. The predicted octanol–water partition coefficient (Wildman–Crippen LogP) is 3.69. The standard InChI is InChI=1S/C16H11F3N2O/c17-16(18,19)9-10-4-3-5-11(8-10)14-20-13-7-2-1-6-12(13)15(22)21-14/h1-8H,9H2,(H,20,21,22). The predicted molar refractivity (Wildman–Crippen MR) is 77.6 cm³/mol. The van der Waals surface area contributed by atoms with E-state index in [4.69, 9.17) is 0 Å². The van der Waals surface area contributed by atoms with Crippen LogP contribution in [0.1, 0.15) is 5.56 Å². The monoisotopic (exact) mass is 304 g/mol. The largest absolute Gasteiger partial charge is 0.393 e. The van der Waals surface area contributed by atoms with Crippen LogP contribution < -0.4 is 5.56 Å². The molecular formula is C16H11F3N2O. The first-order valence-corrected chi connectivity index (χ1v) is 6.57. The number of benzene rings is 2. The number of nitrogens with one attached hydrogen (secondary N) is 1. The summed E-state index contributed by atoms with van der Waals surface area (Å²) in [5, 5.41) is 0.442. The van der Waals surface area contributed by atoms with Crippen LogP contribution >= 0.6 is 0 Å². The summed E-state index contributed by atoms with van der Waals surface area (Å²) in [4.78, 5) is 18.9. The Bertz CT molecular complexity index is 884. The minimum Gasteiger partial charge on any atom is -0.306 e. The van der Waals surface area contributed by atoms with Gasteiger partial charge in [-0.2, -0.15) is 13.2 Å². The average Bonchev–Trinajstić information content (AvgIpc) is 2.46. The van der Waals surface area contributed by atoms with E-state index in [0.29, 0.717) is 16.5 Å². The van der Waals surface area contributed by atoms with Gasteiger partial charge in [0, 0.05) is 5.56 Å². The number of para-hydroxylation sites is 1.